The number of carboxylic acid groups (broad SMARTS) is 1. The zero-order valence-electron chi connectivity index (χ0n) is 12.3. The fourth-order valence-electron chi connectivity index (χ4n) is 3.12. The summed E-state index contributed by atoms with van der Waals surface area (Å²) in [5.74, 6) is -0.768. The molecule has 1 N–H and O–H groups in total. The summed E-state index contributed by atoms with van der Waals surface area (Å²) >= 11 is 0. The van der Waals surface area contributed by atoms with Crippen molar-refractivity contribution >= 4 is 5.97 Å². The number of hydrogen-bond acceptors (Lipinski definition) is 2. The van der Waals surface area contributed by atoms with Crippen molar-refractivity contribution in [1.82, 2.24) is 4.90 Å². The third-order valence-electron chi connectivity index (χ3n) is 4.26. The van der Waals surface area contributed by atoms with Crippen LogP contribution in [0.2, 0.25) is 0 Å². The molecule has 3 nitrogen and oxygen atoms in total. The van der Waals surface area contributed by atoms with Crippen LogP contribution in [0.4, 0.5) is 0 Å². The molecule has 0 saturated heterocycles. The van der Waals surface area contributed by atoms with Gasteiger partial charge in [0.05, 0.1) is 6.42 Å². The van der Waals surface area contributed by atoms with Gasteiger partial charge in [0.25, 0.3) is 0 Å². The number of hydrogen-bond donors (Lipinski definition) is 1. The predicted octanol–water partition coefficient (Wildman–Crippen LogP) is 3.47. The minimum Gasteiger partial charge on any atom is -0.481 e. The van der Waals surface area contributed by atoms with Crippen LogP contribution >= 0.6 is 0 Å². The average Bonchev–Trinajstić information content (AvgIpc) is 2.47. The first-order valence-electron chi connectivity index (χ1n) is 7.72. The lowest BCUT2D eigenvalue weighted by molar-refractivity contribution is -0.136. The van der Waals surface area contributed by atoms with Crippen molar-refractivity contribution in [3.63, 3.8) is 0 Å². The van der Waals surface area contributed by atoms with E-state index in [2.05, 4.69) is 24.0 Å². The third-order valence-corrected chi connectivity index (χ3v) is 4.26. The fourth-order valence-corrected chi connectivity index (χ4v) is 3.12. The van der Waals surface area contributed by atoms with Gasteiger partial charge in [0.1, 0.15) is 0 Å². The lowest BCUT2D eigenvalue weighted by atomic mass is 9.94. The van der Waals surface area contributed by atoms with Crippen molar-refractivity contribution in [2.75, 3.05) is 6.54 Å². The fraction of sp³-hybridized carbons (Fsp3) is 0.588. The normalized spacial score (nSPS) is 16.5. The maximum absolute atomic E-state index is 10.7. The highest BCUT2D eigenvalue weighted by Crippen LogP contribution is 2.23. The van der Waals surface area contributed by atoms with E-state index in [1.54, 1.807) is 0 Å². The van der Waals surface area contributed by atoms with Crippen LogP contribution in [-0.4, -0.2) is 28.6 Å². The minimum atomic E-state index is -0.768. The summed E-state index contributed by atoms with van der Waals surface area (Å²) in [7, 11) is 0. The monoisotopic (exact) mass is 275 g/mol. The Bertz CT molecular complexity index is 421. The molecule has 0 bridgehead atoms. The lowest BCUT2D eigenvalue weighted by Crippen LogP contribution is -2.36. The van der Waals surface area contributed by atoms with Gasteiger partial charge < -0.3 is 5.11 Å². The molecule has 0 heterocycles. The second-order valence-electron chi connectivity index (χ2n) is 5.74. The van der Waals surface area contributed by atoms with Gasteiger partial charge in [-0.1, -0.05) is 50.5 Å². The largest absolute Gasteiger partial charge is 0.481 e. The molecule has 20 heavy (non-hydrogen) atoms. The van der Waals surface area contributed by atoms with E-state index in [1.165, 1.54) is 37.7 Å². The first kappa shape index (κ1) is 15.0. The number of carboxylic acids is 1. The molecule has 0 unspecified atom stereocenters. The van der Waals surface area contributed by atoms with Crippen LogP contribution in [0.15, 0.2) is 24.3 Å². The van der Waals surface area contributed by atoms with Gasteiger partial charge in [-0.05, 0) is 30.5 Å². The molecule has 1 aliphatic carbocycles. The standard InChI is InChI=1S/C17H25NO2/c1-2-18(16-6-4-3-5-7-16)13-15-10-8-14(9-11-15)12-17(19)20/h8-11,16H,2-7,12-13H2,1H3,(H,19,20). The molecule has 1 saturated carbocycles. The maximum Gasteiger partial charge on any atom is 0.307 e. The van der Waals surface area contributed by atoms with Crippen LogP contribution in [0.3, 0.4) is 0 Å². The molecule has 1 fully saturated rings. The summed E-state index contributed by atoms with van der Waals surface area (Å²) in [6, 6.07) is 8.76. The smallest absolute Gasteiger partial charge is 0.307 e. The molecule has 0 radical (unpaired) electrons. The van der Waals surface area contributed by atoms with E-state index in [0.29, 0.717) is 0 Å². The Hall–Kier alpha value is -1.35. The van der Waals surface area contributed by atoms with E-state index in [1.807, 2.05) is 12.1 Å². The lowest BCUT2D eigenvalue weighted by Gasteiger charge is -2.33. The van der Waals surface area contributed by atoms with Gasteiger partial charge in [-0.25, -0.2) is 0 Å². The van der Waals surface area contributed by atoms with E-state index >= 15 is 0 Å². The van der Waals surface area contributed by atoms with Crippen LogP contribution in [0.5, 0.6) is 0 Å². The Morgan fingerprint density at radius 2 is 1.75 bits per heavy atom. The zero-order valence-corrected chi connectivity index (χ0v) is 12.3. The Labute approximate surface area is 121 Å². The molecule has 1 aromatic rings. The van der Waals surface area contributed by atoms with Crippen LogP contribution in [-0.2, 0) is 17.8 Å². The molecular weight excluding hydrogens is 250 g/mol. The van der Waals surface area contributed by atoms with E-state index in [0.717, 1.165) is 24.7 Å². The minimum absolute atomic E-state index is 0.112. The van der Waals surface area contributed by atoms with Crippen molar-refractivity contribution < 1.29 is 9.90 Å². The molecule has 110 valence electrons. The second-order valence-corrected chi connectivity index (χ2v) is 5.74. The maximum atomic E-state index is 10.7. The molecule has 3 heteroatoms. The third kappa shape index (κ3) is 4.34. The van der Waals surface area contributed by atoms with Gasteiger partial charge in [-0.3, -0.25) is 9.69 Å². The first-order valence-corrected chi connectivity index (χ1v) is 7.72. The quantitative estimate of drug-likeness (QED) is 0.864. The Morgan fingerprint density at radius 1 is 1.15 bits per heavy atom. The zero-order chi connectivity index (χ0) is 14.4. The molecule has 1 aliphatic rings. The number of carbonyl (C=O) groups is 1. The van der Waals surface area contributed by atoms with Gasteiger partial charge >= 0.3 is 5.97 Å². The van der Waals surface area contributed by atoms with E-state index < -0.39 is 5.97 Å². The predicted molar refractivity (Wildman–Crippen MR) is 80.7 cm³/mol. The summed E-state index contributed by atoms with van der Waals surface area (Å²) in [5, 5.41) is 8.78. The molecule has 1 aromatic carbocycles. The van der Waals surface area contributed by atoms with Crippen molar-refractivity contribution in [1.29, 1.82) is 0 Å². The highest BCUT2D eigenvalue weighted by atomic mass is 16.4. The molecule has 0 aromatic heterocycles. The van der Waals surface area contributed by atoms with E-state index in [4.69, 9.17) is 5.11 Å². The number of nitrogens with zero attached hydrogens (tertiary/aromatic N) is 1. The molecular formula is C17H25NO2. The van der Waals surface area contributed by atoms with E-state index in [9.17, 15) is 4.79 Å². The SMILES string of the molecule is CCN(Cc1ccc(CC(=O)O)cc1)C1CCCCC1. The molecule has 0 atom stereocenters. The Balaban J connectivity index is 1.94. The van der Waals surface area contributed by atoms with Crippen LogP contribution in [0.25, 0.3) is 0 Å². The summed E-state index contributed by atoms with van der Waals surface area (Å²) in [6.45, 7) is 4.30. The van der Waals surface area contributed by atoms with Crippen molar-refractivity contribution in [2.45, 2.75) is 58.0 Å². The van der Waals surface area contributed by atoms with Crippen LogP contribution < -0.4 is 0 Å². The number of benzene rings is 1. The summed E-state index contributed by atoms with van der Waals surface area (Å²) in [5.41, 5.74) is 2.16. The number of aliphatic carboxylic acids is 1. The second kappa shape index (κ2) is 7.44. The molecule has 0 aliphatic heterocycles. The van der Waals surface area contributed by atoms with Crippen molar-refractivity contribution in [3.05, 3.63) is 35.4 Å². The molecule has 2 rings (SSSR count). The van der Waals surface area contributed by atoms with Crippen molar-refractivity contribution in [2.24, 2.45) is 0 Å². The molecule has 0 spiro atoms. The van der Waals surface area contributed by atoms with Crippen LogP contribution in [0.1, 0.15) is 50.2 Å². The summed E-state index contributed by atoms with van der Waals surface area (Å²) in [4.78, 5) is 13.2. The average molecular weight is 275 g/mol. The first-order chi connectivity index (χ1) is 9.69. The van der Waals surface area contributed by atoms with Gasteiger partial charge in [-0.15, -0.1) is 0 Å². The van der Waals surface area contributed by atoms with Crippen molar-refractivity contribution in [3.8, 4) is 0 Å². The van der Waals surface area contributed by atoms with Gasteiger partial charge in [0, 0.05) is 12.6 Å². The van der Waals surface area contributed by atoms with E-state index in [-0.39, 0.29) is 6.42 Å². The van der Waals surface area contributed by atoms with Gasteiger partial charge in [0.2, 0.25) is 0 Å². The summed E-state index contributed by atoms with van der Waals surface area (Å²) < 4.78 is 0. The Morgan fingerprint density at radius 3 is 2.30 bits per heavy atom. The Kier molecular flexibility index (Phi) is 5.60. The number of rotatable bonds is 6. The van der Waals surface area contributed by atoms with Crippen LogP contribution in [0, 0.1) is 0 Å². The van der Waals surface area contributed by atoms with Gasteiger partial charge in [0.15, 0.2) is 0 Å². The van der Waals surface area contributed by atoms with Gasteiger partial charge in [-0.2, -0.15) is 0 Å². The molecule has 0 amide bonds. The summed E-state index contributed by atoms with van der Waals surface area (Å²) in [6.07, 6.45) is 6.87. The topological polar surface area (TPSA) is 40.5 Å². The highest BCUT2D eigenvalue weighted by Gasteiger charge is 2.19. The highest BCUT2D eigenvalue weighted by molar-refractivity contribution is 5.70.